The molecule has 1 aromatic heterocycles. The van der Waals surface area contributed by atoms with E-state index >= 15 is 0 Å². The van der Waals surface area contributed by atoms with Gasteiger partial charge in [-0.25, -0.2) is 4.98 Å². The average molecular weight is 282 g/mol. The first-order chi connectivity index (χ1) is 8.61. The van der Waals surface area contributed by atoms with Crippen molar-refractivity contribution in [3.63, 3.8) is 0 Å². The van der Waals surface area contributed by atoms with Crippen LogP contribution in [0.4, 0.5) is 0 Å². The number of hydrogen-bond acceptors (Lipinski definition) is 2. The minimum absolute atomic E-state index is 0.267. The Hall–Kier alpha value is -1.25. The van der Waals surface area contributed by atoms with Gasteiger partial charge in [-0.05, 0) is 37.1 Å². The minimum atomic E-state index is 0.267. The maximum absolute atomic E-state index is 5.95. The van der Waals surface area contributed by atoms with E-state index in [4.69, 9.17) is 27.9 Å². The van der Waals surface area contributed by atoms with Gasteiger partial charge < -0.3 is 4.74 Å². The normalized spacial score (nSPS) is 10.4. The van der Waals surface area contributed by atoms with Gasteiger partial charge in [-0.15, -0.1) is 11.6 Å². The Morgan fingerprint density at radius 1 is 1.17 bits per heavy atom. The summed E-state index contributed by atoms with van der Waals surface area (Å²) in [6.07, 6.45) is 0. The SMILES string of the molecule is Cc1cccc(Oc2ccc(Cl)c(CCl)n2)c1C. The number of hydrogen-bond donors (Lipinski definition) is 0. The molecule has 4 heteroatoms. The first-order valence-electron chi connectivity index (χ1n) is 5.57. The topological polar surface area (TPSA) is 22.1 Å². The van der Waals surface area contributed by atoms with Gasteiger partial charge in [-0.3, -0.25) is 0 Å². The van der Waals surface area contributed by atoms with Crippen molar-refractivity contribution in [3.8, 4) is 11.6 Å². The van der Waals surface area contributed by atoms with Crippen LogP contribution in [0.5, 0.6) is 11.6 Å². The van der Waals surface area contributed by atoms with Crippen LogP contribution in [0.25, 0.3) is 0 Å². The van der Waals surface area contributed by atoms with Gasteiger partial charge >= 0.3 is 0 Å². The molecule has 18 heavy (non-hydrogen) atoms. The molecule has 2 aromatic rings. The molecule has 0 fully saturated rings. The lowest BCUT2D eigenvalue weighted by atomic mass is 10.1. The molecule has 94 valence electrons. The predicted molar refractivity (Wildman–Crippen MR) is 74.8 cm³/mol. The number of rotatable bonds is 3. The fraction of sp³-hybridized carbons (Fsp3) is 0.214. The zero-order valence-electron chi connectivity index (χ0n) is 10.2. The van der Waals surface area contributed by atoms with Crippen molar-refractivity contribution in [2.24, 2.45) is 0 Å². The van der Waals surface area contributed by atoms with Gasteiger partial charge in [0.15, 0.2) is 0 Å². The van der Waals surface area contributed by atoms with Crippen LogP contribution in [0.3, 0.4) is 0 Å². The van der Waals surface area contributed by atoms with Gasteiger partial charge in [0, 0.05) is 6.07 Å². The molecule has 0 unspecified atom stereocenters. The van der Waals surface area contributed by atoms with E-state index in [-0.39, 0.29) is 5.88 Å². The Morgan fingerprint density at radius 3 is 2.67 bits per heavy atom. The van der Waals surface area contributed by atoms with Crippen molar-refractivity contribution < 1.29 is 4.74 Å². The van der Waals surface area contributed by atoms with Crippen LogP contribution < -0.4 is 4.74 Å². The number of aryl methyl sites for hydroxylation is 1. The molecule has 0 aliphatic heterocycles. The van der Waals surface area contributed by atoms with Crippen molar-refractivity contribution in [1.29, 1.82) is 0 Å². The molecule has 2 rings (SSSR count). The second kappa shape index (κ2) is 5.59. The Labute approximate surface area is 117 Å². The molecule has 2 nitrogen and oxygen atoms in total. The van der Waals surface area contributed by atoms with E-state index in [1.807, 2.05) is 32.0 Å². The van der Waals surface area contributed by atoms with E-state index in [1.54, 1.807) is 12.1 Å². The maximum atomic E-state index is 5.95. The van der Waals surface area contributed by atoms with E-state index in [0.717, 1.165) is 11.3 Å². The van der Waals surface area contributed by atoms with Gasteiger partial charge in [0.05, 0.1) is 16.6 Å². The quantitative estimate of drug-likeness (QED) is 0.748. The average Bonchev–Trinajstić information content (AvgIpc) is 2.37. The maximum Gasteiger partial charge on any atom is 0.219 e. The van der Waals surface area contributed by atoms with Crippen molar-refractivity contribution in [2.75, 3.05) is 0 Å². The first-order valence-corrected chi connectivity index (χ1v) is 6.48. The standard InChI is InChI=1S/C14H13Cl2NO/c1-9-4-3-5-13(10(9)2)18-14-7-6-11(16)12(8-15)17-14/h3-7H,8H2,1-2H3. The van der Waals surface area contributed by atoms with Crippen LogP contribution in [-0.2, 0) is 5.88 Å². The van der Waals surface area contributed by atoms with Crippen LogP contribution in [0.15, 0.2) is 30.3 Å². The molecular formula is C14H13Cl2NO. The second-order valence-electron chi connectivity index (χ2n) is 4.01. The number of halogens is 2. The number of ether oxygens (including phenoxy) is 1. The van der Waals surface area contributed by atoms with Gasteiger partial charge in [0.1, 0.15) is 5.75 Å². The summed E-state index contributed by atoms with van der Waals surface area (Å²) in [5.74, 6) is 1.57. The number of benzene rings is 1. The van der Waals surface area contributed by atoms with Crippen LogP contribution in [0.2, 0.25) is 5.02 Å². The van der Waals surface area contributed by atoms with Crippen molar-refractivity contribution in [3.05, 3.63) is 52.2 Å². The van der Waals surface area contributed by atoms with E-state index < -0.39 is 0 Å². The lowest BCUT2D eigenvalue weighted by molar-refractivity contribution is 0.457. The Morgan fingerprint density at radius 2 is 1.94 bits per heavy atom. The molecule has 0 spiro atoms. The lowest BCUT2D eigenvalue weighted by Gasteiger charge is -2.10. The summed E-state index contributed by atoms with van der Waals surface area (Å²) in [6.45, 7) is 4.06. The molecule has 0 atom stereocenters. The smallest absolute Gasteiger partial charge is 0.219 e. The van der Waals surface area contributed by atoms with Gasteiger partial charge in [-0.1, -0.05) is 23.7 Å². The van der Waals surface area contributed by atoms with Crippen molar-refractivity contribution >= 4 is 23.2 Å². The molecule has 1 heterocycles. The van der Waals surface area contributed by atoms with E-state index in [0.29, 0.717) is 16.6 Å². The molecule has 0 saturated carbocycles. The Bertz CT molecular complexity index is 570. The molecule has 0 N–H and O–H groups in total. The number of alkyl halides is 1. The van der Waals surface area contributed by atoms with Gasteiger partial charge in [-0.2, -0.15) is 0 Å². The predicted octanol–water partition coefficient (Wildman–Crippen LogP) is 4.88. The van der Waals surface area contributed by atoms with Crippen LogP contribution in [0.1, 0.15) is 16.8 Å². The number of nitrogens with zero attached hydrogens (tertiary/aromatic N) is 1. The lowest BCUT2D eigenvalue weighted by Crippen LogP contribution is -1.94. The first kappa shape index (κ1) is 13.2. The summed E-state index contributed by atoms with van der Waals surface area (Å²) in [5.41, 5.74) is 2.90. The monoisotopic (exact) mass is 281 g/mol. The highest BCUT2D eigenvalue weighted by Gasteiger charge is 2.07. The minimum Gasteiger partial charge on any atom is -0.439 e. The second-order valence-corrected chi connectivity index (χ2v) is 4.69. The molecule has 1 aromatic carbocycles. The highest BCUT2D eigenvalue weighted by Crippen LogP contribution is 2.27. The van der Waals surface area contributed by atoms with Gasteiger partial charge in [0.25, 0.3) is 0 Å². The summed E-state index contributed by atoms with van der Waals surface area (Å²) >= 11 is 11.7. The molecular weight excluding hydrogens is 269 g/mol. The highest BCUT2D eigenvalue weighted by molar-refractivity contribution is 6.32. The molecule has 0 saturated heterocycles. The highest BCUT2D eigenvalue weighted by atomic mass is 35.5. The summed E-state index contributed by atoms with van der Waals surface area (Å²) in [6, 6.07) is 9.39. The third kappa shape index (κ3) is 2.77. The summed E-state index contributed by atoms with van der Waals surface area (Å²) in [4.78, 5) is 4.27. The van der Waals surface area contributed by atoms with E-state index in [9.17, 15) is 0 Å². The van der Waals surface area contributed by atoms with E-state index in [1.165, 1.54) is 5.56 Å². The fourth-order valence-electron chi connectivity index (χ4n) is 1.56. The zero-order chi connectivity index (χ0) is 13.1. The molecule has 0 aliphatic carbocycles. The molecule has 0 aliphatic rings. The van der Waals surface area contributed by atoms with Gasteiger partial charge in [0.2, 0.25) is 5.88 Å². The summed E-state index contributed by atoms with van der Waals surface area (Å²) in [5, 5.41) is 0.554. The van der Waals surface area contributed by atoms with Crippen LogP contribution in [0, 0.1) is 13.8 Å². The molecule has 0 bridgehead atoms. The summed E-state index contributed by atoms with van der Waals surface area (Å²) < 4.78 is 5.76. The zero-order valence-corrected chi connectivity index (χ0v) is 11.7. The van der Waals surface area contributed by atoms with Crippen LogP contribution in [-0.4, -0.2) is 4.98 Å². The third-order valence-electron chi connectivity index (χ3n) is 2.79. The Balaban J connectivity index is 2.31. The van der Waals surface area contributed by atoms with Crippen molar-refractivity contribution in [2.45, 2.75) is 19.7 Å². The largest absolute Gasteiger partial charge is 0.439 e. The summed E-state index contributed by atoms with van der Waals surface area (Å²) in [7, 11) is 0. The number of pyridine rings is 1. The Kier molecular flexibility index (Phi) is 4.10. The van der Waals surface area contributed by atoms with Crippen LogP contribution >= 0.6 is 23.2 Å². The molecule has 0 amide bonds. The number of aromatic nitrogens is 1. The molecule has 0 radical (unpaired) electrons. The van der Waals surface area contributed by atoms with Crippen molar-refractivity contribution in [1.82, 2.24) is 4.98 Å². The fourth-order valence-corrected chi connectivity index (χ4v) is 2.01. The third-order valence-corrected chi connectivity index (χ3v) is 3.39. The van der Waals surface area contributed by atoms with E-state index in [2.05, 4.69) is 4.98 Å².